The minimum Gasteiger partial charge on any atom is -0.477 e. The SMILES string of the molecule is CC(CS(C)=O)Nc1nc(C(=O)O)ccc1N. The molecule has 1 aromatic heterocycles. The summed E-state index contributed by atoms with van der Waals surface area (Å²) in [7, 11) is -0.937. The molecule has 0 bridgehead atoms. The maximum absolute atomic E-state index is 11.0. The first-order chi connectivity index (χ1) is 7.90. The Kier molecular flexibility index (Phi) is 4.45. The van der Waals surface area contributed by atoms with Gasteiger partial charge in [-0.1, -0.05) is 0 Å². The summed E-state index contributed by atoms with van der Waals surface area (Å²) in [6.45, 7) is 1.83. The molecule has 1 heterocycles. The molecule has 0 fully saturated rings. The minimum absolute atomic E-state index is 0.0773. The van der Waals surface area contributed by atoms with E-state index in [4.69, 9.17) is 10.8 Å². The van der Waals surface area contributed by atoms with Crippen LogP contribution in [0.5, 0.6) is 0 Å². The van der Waals surface area contributed by atoms with Gasteiger partial charge in [-0.3, -0.25) is 4.21 Å². The second-order valence-corrected chi connectivity index (χ2v) is 5.20. The van der Waals surface area contributed by atoms with Crippen LogP contribution in [0.3, 0.4) is 0 Å². The highest BCUT2D eigenvalue weighted by Crippen LogP contribution is 2.16. The molecule has 4 N–H and O–H groups in total. The smallest absolute Gasteiger partial charge is 0.354 e. The van der Waals surface area contributed by atoms with Gasteiger partial charge in [-0.05, 0) is 19.1 Å². The van der Waals surface area contributed by atoms with Gasteiger partial charge in [-0.2, -0.15) is 0 Å². The Morgan fingerprint density at radius 1 is 1.65 bits per heavy atom. The lowest BCUT2D eigenvalue weighted by Crippen LogP contribution is -2.24. The number of carboxylic acid groups (broad SMARTS) is 1. The number of rotatable bonds is 5. The number of pyridine rings is 1. The third-order valence-electron chi connectivity index (χ3n) is 2.01. The van der Waals surface area contributed by atoms with Gasteiger partial charge in [0, 0.05) is 28.9 Å². The number of hydrogen-bond donors (Lipinski definition) is 3. The van der Waals surface area contributed by atoms with Crippen LogP contribution < -0.4 is 11.1 Å². The van der Waals surface area contributed by atoms with E-state index in [-0.39, 0.29) is 11.7 Å². The van der Waals surface area contributed by atoms with E-state index in [1.54, 1.807) is 6.26 Å². The molecule has 0 aliphatic carbocycles. The van der Waals surface area contributed by atoms with Crippen molar-refractivity contribution >= 4 is 28.3 Å². The van der Waals surface area contributed by atoms with Crippen LogP contribution in [0, 0.1) is 0 Å². The van der Waals surface area contributed by atoms with E-state index in [2.05, 4.69) is 10.3 Å². The van der Waals surface area contributed by atoms with E-state index >= 15 is 0 Å². The number of aromatic nitrogens is 1. The fraction of sp³-hybridized carbons (Fsp3) is 0.400. The normalized spacial score (nSPS) is 14.0. The number of nitrogens with one attached hydrogen (secondary N) is 1. The molecular formula is C10H15N3O3S. The molecule has 17 heavy (non-hydrogen) atoms. The predicted molar refractivity (Wildman–Crippen MR) is 67.6 cm³/mol. The Hall–Kier alpha value is -1.63. The molecule has 0 spiro atoms. The molecule has 0 saturated carbocycles. The third-order valence-corrected chi connectivity index (χ3v) is 2.98. The third kappa shape index (κ3) is 4.03. The van der Waals surface area contributed by atoms with Crippen LogP contribution in [-0.4, -0.2) is 38.3 Å². The van der Waals surface area contributed by atoms with E-state index in [9.17, 15) is 9.00 Å². The first kappa shape index (κ1) is 13.4. The Labute approximate surface area is 102 Å². The van der Waals surface area contributed by atoms with Crippen LogP contribution in [0.2, 0.25) is 0 Å². The molecular weight excluding hydrogens is 242 g/mol. The molecule has 1 aromatic rings. The lowest BCUT2D eigenvalue weighted by Gasteiger charge is -2.14. The van der Waals surface area contributed by atoms with Crippen molar-refractivity contribution in [3.63, 3.8) is 0 Å². The highest BCUT2D eigenvalue weighted by atomic mass is 32.2. The Morgan fingerprint density at radius 3 is 2.82 bits per heavy atom. The van der Waals surface area contributed by atoms with Crippen molar-refractivity contribution in [2.75, 3.05) is 23.1 Å². The van der Waals surface area contributed by atoms with Crippen LogP contribution in [0.15, 0.2) is 12.1 Å². The second kappa shape index (κ2) is 5.62. The zero-order valence-electron chi connectivity index (χ0n) is 9.64. The zero-order valence-corrected chi connectivity index (χ0v) is 10.5. The standard InChI is InChI=1S/C10H15N3O3S/c1-6(5-17(2)16)12-9-7(11)3-4-8(13-9)10(14)15/h3-4,6H,5,11H2,1-2H3,(H,12,13)(H,14,15). The van der Waals surface area contributed by atoms with Gasteiger partial charge in [0.1, 0.15) is 5.82 Å². The number of nitrogen functional groups attached to an aromatic ring is 1. The van der Waals surface area contributed by atoms with Crippen molar-refractivity contribution in [2.45, 2.75) is 13.0 Å². The number of carbonyl (C=O) groups is 1. The zero-order chi connectivity index (χ0) is 13.0. The van der Waals surface area contributed by atoms with Crippen molar-refractivity contribution in [3.8, 4) is 0 Å². The number of nitrogens with zero attached hydrogens (tertiary/aromatic N) is 1. The van der Waals surface area contributed by atoms with Crippen molar-refractivity contribution < 1.29 is 14.1 Å². The van der Waals surface area contributed by atoms with Gasteiger partial charge in [-0.25, -0.2) is 9.78 Å². The summed E-state index contributed by atoms with van der Waals surface area (Å²) in [5, 5.41) is 11.7. The largest absolute Gasteiger partial charge is 0.477 e. The summed E-state index contributed by atoms with van der Waals surface area (Å²) in [5.74, 6) is -0.360. The van der Waals surface area contributed by atoms with Gasteiger partial charge < -0.3 is 16.2 Å². The molecule has 0 radical (unpaired) electrons. The summed E-state index contributed by atoms with van der Waals surface area (Å²) in [6, 6.07) is 2.72. The number of aromatic carboxylic acids is 1. The lowest BCUT2D eigenvalue weighted by molar-refractivity contribution is 0.0690. The molecule has 7 heteroatoms. The van der Waals surface area contributed by atoms with Gasteiger partial charge in [0.15, 0.2) is 5.69 Å². The summed E-state index contributed by atoms with van der Waals surface area (Å²) >= 11 is 0. The quantitative estimate of drug-likeness (QED) is 0.711. The molecule has 0 amide bonds. The minimum atomic E-state index is -1.11. The summed E-state index contributed by atoms with van der Waals surface area (Å²) in [5.41, 5.74) is 5.96. The van der Waals surface area contributed by atoms with Crippen molar-refractivity contribution in [1.82, 2.24) is 4.98 Å². The van der Waals surface area contributed by atoms with Crippen LogP contribution in [-0.2, 0) is 10.8 Å². The maximum atomic E-state index is 11.0. The number of hydrogen-bond acceptors (Lipinski definition) is 5. The molecule has 2 unspecified atom stereocenters. The molecule has 2 atom stereocenters. The Morgan fingerprint density at radius 2 is 2.29 bits per heavy atom. The molecule has 0 saturated heterocycles. The highest BCUT2D eigenvalue weighted by molar-refractivity contribution is 7.84. The van der Waals surface area contributed by atoms with Crippen molar-refractivity contribution in [1.29, 1.82) is 0 Å². The second-order valence-electron chi connectivity index (χ2n) is 3.72. The van der Waals surface area contributed by atoms with E-state index in [0.717, 1.165) is 0 Å². The van der Waals surface area contributed by atoms with Crippen molar-refractivity contribution in [2.24, 2.45) is 0 Å². The van der Waals surface area contributed by atoms with Crippen LogP contribution >= 0.6 is 0 Å². The molecule has 1 rings (SSSR count). The van der Waals surface area contributed by atoms with E-state index in [0.29, 0.717) is 17.3 Å². The molecule has 0 aliphatic heterocycles. The van der Waals surface area contributed by atoms with Gasteiger partial charge in [0.25, 0.3) is 0 Å². The van der Waals surface area contributed by atoms with Gasteiger partial charge in [0.2, 0.25) is 0 Å². The van der Waals surface area contributed by atoms with E-state index in [1.807, 2.05) is 6.92 Å². The first-order valence-electron chi connectivity index (χ1n) is 4.96. The lowest BCUT2D eigenvalue weighted by atomic mass is 10.3. The fourth-order valence-electron chi connectivity index (χ4n) is 1.33. The van der Waals surface area contributed by atoms with Gasteiger partial charge in [-0.15, -0.1) is 0 Å². The number of nitrogens with two attached hydrogens (primary N) is 1. The number of anilines is 2. The molecule has 94 valence electrons. The van der Waals surface area contributed by atoms with Crippen molar-refractivity contribution in [3.05, 3.63) is 17.8 Å². The number of carboxylic acids is 1. The van der Waals surface area contributed by atoms with Crippen LogP contribution in [0.4, 0.5) is 11.5 Å². The first-order valence-corrected chi connectivity index (χ1v) is 6.69. The van der Waals surface area contributed by atoms with Gasteiger partial charge >= 0.3 is 5.97 Å². The molecule has 0 aliphatic rings. The fourth-order valence-corrected chi connectivity index (χ4v) is 2.12. The van der Waals surface area contributed by atoms with E-state index in [1.165, 1.54) is 12.1 Å². The monoisotopic (exact) mass is 257 g/mol. The molecule has 0 aromatic carbocycles. The summed E-state index contributed by atoms with van der Waals surface area (Å²) in [4.78, 5) is 14.6. The Balaban J connectivity index is 2.86. The highest BCUT2D eigenvalue weighted by Gasteiger charge is 2.11. The average Bonchev–Trinajstić information content (AvgIpc) is 2.19. The average molecular weight is 257 g/mol. The molecule has 6 nitrogen and oxygen atoms in total. The predicted octanol–water partition coefficient (Wildman–Crippen LogP) is 0.541. The Bertz CT molecular complexity index is 450. The van der Waals surface area contributed by atoms with Gasteiger partial charge in [0.05, 0.1) is 5.69 Å². The van der Waals surface area contributed by atoms with Crippen LogP contribution in [0.1, 0.15) is 17.4 Å². The topological polar surface area (TPSA) is 105 Å². The van der Waals surface area contributed by atoms with E-state index < -0.39 is 16.8 Å². The summed E-state index contributed by atoms with van der Waals surface area (Å²) in [6.07, 6.45) is 1.60. The summed E-state index contributed by atoms with van der Waals surface area (Å²) < 4.78 is 11.0. The maximum Gasteiger partial charge on any atom is 0.354 e. The van der Waals surface area contributed by atoms with Crippen LogP contribution in [0.25, 0.3) is 0 Å².